The normalized spacial score (nSPS) is 24.2. The van der Waals surface area contributed by atoms with Crippen molar-refractivity contribution in [2.75, 3.05) is 5.32 Å². The van der Waals surface area contributed by atoms with E-state index in [-0.39, 0.29) is 28.5 Å². The summed E-state index contributed by atoms with van der Waals surface area (Å²) in [5.41, 5.74) is 2.97. The van der Waals surface area contributed by atoms with Crippen LogP contribution in [0.25, 0.3) is 0 Å². The number of nitro benzene ring substituents is 1. The number of nitrogens with one attached hydrogen (secondary N) is 1. The second-order valence-corrected chi connectivity index (χ2v) is 6.93. The molecule has 4 nitrogen and oxygen atoms in total. The summed E-state index contributed by atoms with van der Waals surface area (Å²) in [5.74, 6) is 0.400. The maximum absolute atomic E-state index is 11.1. The van der Waals surface area contributed by atoms with E-state index in [0.29, 0.717) is 10.0 Å². The SMILES string of the molecule is O=[N+]([O-])c1ccc2c(c1)[C@@H]1C=CC[C@@H]1[C@@H](c1cccc(Cl)c1Cl)N2. The third-order valence-corrected chi connectivity index (χ3v) is 5.71. The van der Waals surface area contributed by atoms with Crippen LogP contribution in [0.2, 0.25) is 10.0 Å². The molecule has 2 aliphatic rings. The fourth-order valence-electron chi connectivity index (χ4n) is 3.76. The standard InChI is InChI=1S/C18H14Cl2N2O2/c19-15-6-2-5-13(17(15)20)18-12-4-1-3-11(12)14-9-10(22(23)24)7-8-16(14)21-18/h1-3,5-9,11-12,18,21H,4H2/t11-,12+,18+/m1/s1. The predicted octanol–water partition coefficient (Wildman–Crippen LogP) is 5.73. The van der Waals surface area contributed by atoms with Crippen LogP contribution in [0.1, 0.15) is 29.5 Å². The molecule has 1 heterocycles. The van der Waals surface area contributed by atoms with Crippen LogP contribution in [-0.4, -0.2) is 4.92 Å². The van der Waals surface area contributed by atoms with Crippen LogP contribution in [0.3, 0.4) is 0 Å². The Morgan fingerprint density at radius 2 is 2.00 bits per heavy atom. The molecule has 122 valence electrons. The number of non-ortho nitro benzene ring substituents is 1. The molecule has 0 unspecified atom stereocenters. The number of halogens is 2. The zero-order chi connectivity index (χ0) is 16.8. The van der Waals surface area contributed by atoms with Crippen molar-refractivity contribution >= 4 is 34.6 Å². The number of anilines is 1. The molecule has 0 saturated carbocycles. The molecule has 1 aliphatic carbocycles. The van der Waals surface area contributed by atoms with Gasteiger partial charge in [0, 0.05) is 23.7 Å². The lowest BCUT2D eigenvalue weighted by atomic mass is 9.77. The minimum atomic E-state index is -0.353. The van der Waals surface area contributed by atoms with Crippen LogP contribution in [-0.2, 0) is 0 Å². The van der Waals surface area contributed by atoms with Gasteiger partial charge in [0.2, 0.25) is 0 Å². The molecule has 2 aromatic rings. The topological polar surface area (TPSA) is 55.2 Å². The minimum absolute atomic E-state index is 0.0187. The number of nitrogens with zero attached hydrogens (tertiary/aromatic N) is 1. The summed E-state index contributed by atoms with van der Waals surface area (Å²) in [7, 11) is 0. The number of benzene rings is 2. The maximum Gasteiger partial charge on any atom is 0.269 e. The lowest BCUT2D eigenvalue weighted by molar-refractivity contribution is -0.384. The van der Waals surface area contributed by atoms with E-state index in [2.05, 4.69) is 17.5 Å². The van der Waals surface area contributed by atoms with Crippen LogP contribution < -0.4 is 5.32 Å². The average Bonchev–Trinajstić information content (AvgIpc) is 3.06. The summed E-state index contributed by atoms with van der Waals surface area (Å²) in [5, 5.41) is 15.7. The molecule has 0 aromatic heterocycles. The van der Waals surface area contributed by atoms with Gasteiger partial charge < -0.3 is 5.32 Å². The van der Waals surface area contributed by atoms with Gasteiger partial charge >= 0.3 is 0 Å². The number of fused-ring (bicyclic) bond motifs is 3. The van der Waals surface area contributed by atoms with Gasteiger partial charge in [0.05, 0.1) is 21.0 Å². The van der Waals surface area contributed by atoms with Crippen LogP contribution >= 0.6 is 23.2 Å². The monoisotopic (exact) mass is 360 g/mol. The van der Waals surface area contributed by atoms with Gasteiger partial charge in [-0.2, -0.15) is 0 Å². The van der Waals surface area contributed by atoms with Crippen molar-refractivity contribution < 1.29 is 4.92 Å². The lowest BCUT2D eigenvalue weighted by Gasteiger charge is -2.37. The van der Waals surface area contributed by atoms with Gasteiger partial charge in [-0.25, -0.2) is 0 Å². The Hall–Kier alpha value is -2.04. The van der Waals surface area contributed by atoms with Gasteiger partial charge in [0.25, 0.3) is 5.69 Å². The van der Waals surface area contributed by atoms with E-state index in [1.54, 1.807) is 18.2 Å². The molecule has 0 amide bonds. The van der Waals surface area contributed by atoms with E-state index in [1.807, 2.05) is 12.1 Å². The zero-order valence-corrected chi connectivity index (χ0v) is 14.1. The molecule has 0 bridgehead atoms. The molecule has 1 aliphatic heterocycles. The summed E-state index contributed by atoms with van der Waals surface area (Å²) in [4.78, 5) is 10.7. The number of allylic oxidation sites excluding steroid dienone is 2. The molecule has 0 saturated heterocycles. The maximum atomic E-state index is 11.1. The summed E-state index contributed by atoms with van der Waals surface area (Å²) >= 11 is 12.6. The van der Waals surface area contributed by atoms with Crippen LogP contribution in [0.5, 0.6) is 0 Å². The van der Waals surface area contributed by atoms with Crippen molar-refractivity contribution in [1.29, 1.82) is 0 Å². The second kappa shape index (κ2) is 5.80. The quantitative estimate of drug-likeness (QED) is 0.422. The Bertz CT molecular complexity index is 866. The molecule has 0 fully saturated rings. The average molecular weight is 361 g/mol. The largest absolute Gasteiger partial charge is 0.378 e. The molecule has 0 radical (unpaired) electrons. The summed E-state index contributed by atoms with van der Waals surface area (Å²) in [6, 6.07) is 10.7. The van der Waals surface area contributed by atoms with E-state index < -0.39 is 0 Å². The highest BCUT2D eigenvalue weighted by molar-refractivity contribution is 6.42. The zero-order valence-electron chi connectivity index (χ0n) is 12.6. The van der Waals surface area contributed by atoms with E-state index in [4.69, 9.17) is 23.2 Å². The van der Waals surface area contributed by atoms with Crippen molar-refractivity contribution in [3.63, 3.8) is 0 Å². The Kier molecular flexibility index (Phi) is 3.74. The first kappa shape index (κ1) is 15.5. The molecule has 0 spiro atoms. The molecule has 3 atom stereocenters. The third-order valence-electron chi connectivity index (χ3n) is 4.87. The van der Waals surface area contributed by atoms with Gasteiger partial charge in [0.15, 0.2) is 0 Å². The molecule has 4 rings (SSSR count). The Labute approximate surface area is 149 Å². The van der Waals surface area contributed by atoms with Crippen LogP contribution in [0.15, 0.2) is 48.6 Å². The highest BCUT2D eigenvalue weighted by atomic mass is 35.5. The summed E-state index contributed by atoms with van der Waals surface area (Å²) in [6.07, 6.45) is 5.17. The van der Waals surface area contributed by atoms with E-state index >= 15 is 0 Å². The van der Waals surface area contributed by atoms with Crippen molar-refractivity contribution in [3.8, 4) is 0 Å². The van der Waals surface area contributed by atoms with Gasteiger partial charge in [-0.15, -0.1) is 0 Å². The molecular formula is C18H14Cl2N2O2. The number of rotatable bonds is 2. The van der Waals surface area contributed by atoms with Crippen LogP contribution in [0, 0.1) is 16.0 Å². The van der Waals surface area contributed by atoms with Gasteiger partial charge in [0.1, 0.15) is 0 Å². The molecular weight excluding hydrogens is 347 g/mol. The van der Waals surface area contributed by atoms with E-state index in [1.165, 1.54) is 6.07 Å². The molecule has 1 N–H and O–H groups in total. The smallest absolute Gasteiger partial charge is 0.269 e. The lowest BCUT2D eigenvalue weighted by Crippen LogP contribution is -2.29. The van der Waals surface area contributed by atoms with Gasteiger partial charge in [-0.05, 0) is 35.6 Å². The van der Waals surface area contributed by atoms with Crippen molar-refractivity contribution in [2.24, 2.45) is 5.92 Å². The third kappa shape index (κ3) is 2.38. The van der Waals surface area contributed by atoms with Crippen LogP contribution in [0.4, 0.5) is 11.4 Å². The van der Waals surface area contributed by atoms with Crippen molar-refractivity contribution in [3.05, 3.63) is 79.8 Å². The molecule has 6 heteroatoms. The summed E-state index contributed by atoms with van der Waals surface area (Å²) in [6.45, 7) is 0. The first-order chi connectivity index (χ1) is 11.6. The Balaban J connectivity index is 1.81. The first-order valence-corrected chi connectivity index (χ1v) is 8.47. The highest BCUT2D eigenvalue weighted by Crippen LogP contribution is 2.51. The number of hydrogen-bond acceptors (Lipinski definition) is 3. The predicted molar refractivity (Wildman–Crippen MR) is 95.9 cm³/mol. The fourth-order valence-corrected chi connectivity index (χ4v) is 4.19. The van der Waals surface area contributed by atoms with Crippen molar-refractivity contribution in [2.45, 2.75) is 18.4 Å². The number of nitro groups is 1. The van der Waals surface area contributed by atoms with E-state index in [0.717, 1.165) is 23.2 Å². The first-order valence-electron chi connectivity index (χ1n) is 7.71. The Morgan fingerprint density at radius 1 is 1.17 bits per heavy atom. The minimum Gasteiger partial charge on any atom is -0.378 e. The second-order valence-electron chi connectivity index (χ2n) is 6.15. The summed E-state index contributed by atoms with van der Waals surface area (Å²) < 4.78 is 0. The van der Waals surface area contributed by atoms with E-state index in [9.17, 15) is 10.1 Å². The number of hydrogen-bond donors (Lipinski definition) is 1. The van der Waals surface area contributed by atoms with Gasteiger partial charge in [-0.3, -0.25) is 10.1 Å². The van der Waals surface area contributed by atoms with Gasteiger partial charge in [-0.1, -0.05) is 47.5 Å². The highest BCUT2D eigenvalue weighted by Gasteiger charge is 2.39. The molecule has 24 heavy (non-hydrogen) atoms. The van der Waals surface area contributed by atoms with Crippen molar-refractivity contribution in [1.82, 2.24) is 0 Å². The Morgan fingerprint density at radius 3 is 2.79 bits per heavy atom. The fraction of sp³-hybridized carbons (Fsp3) is 0.222. The molecule has 2 aromatic carbocycles.